The number of nitrogen functional groups attached to an aromatic ring is 1. The van der Waals surface area contributed by atoms with E-state index in [0.717, 1.165) is 5.56 Å². The molecule has 0 aliphatic carbocycles. The molecule has 2 aromatic rings. The largest absolute Gasteiger partial charge is 0.348 e. The number of benzene rings is 1. The smallest absolute Gasteiger partial charge is 0.294 e. The van der Waals surface area contributed by atoms with E-state index in [9.17, 15) is 14.9 Å². The maximum atomic E-state index is 12.1. The zero-order chi connectivity index (χ0) is 15.4. The molecule has 0 bridgehead atoms. The van der Waals surface area contributed by atoms with Gasteiger partial charge in [-0.2, -0.15) is 5.10 Å². The Bertz CT molecular complexity index is 681. The molecular formula is C12H14N6O3. The molecule has 0 fully saturated rings. The minimum absolute atomic E-state index is 0.0220. The fourth-order valence-electron chi connectivity index (χ4n) is 1.87. The van der Waals surface area contributed by atoms with E-state index in [1.807, 2.05) is 0 Å². The van der Waals surface area contributed by atoms with Gasteiger partial charge in [-0.05, 0) is 6.07 Å². The molecule has 9 heteroatoms. The van der Waals surface area contributed by atoms with Crippen molar-refractivity contribution in [3.8, 4) is 0 Å². The Kier molecular flexibility index (Phi) is 4.14. The number of carbonyl (C=O) groups is 1. The van der Waals surface area contributed by atoms with Crippen molar-refractivity contribution in [2.45, 2.75) is 6.54 Å². The number of nitrogens with two attached hydrogens (primary N) is 1. The van der Waals surface area contributed by atoms with Crippen molar-refractivity contribution < 1.29 is 9.72 Å². The summed E-state index contributed by atoms with van der Waals surface area (Å²) < 4.78 is 1.61. The van der Waals surface area contributed by atoms with Crippen LogP contribution in [0, 0.1) is 10.1 Å². The van der Waals surface area contributed by atoms with Gasteiger partial charge >= 0.3 is 0 Å². The summed E-state index contributed by atoms with van der Waals surface area (Å²) in [6.45, 7) is 0.263. The number of carbonyl (C=O) groups excluding carboxylic acids is 1. The number of aryl methyl sites for hydroxylation is 1. The quantitative estimate of drug-likeness (QED) is 0.419. The Hall–Kier alpha value is -2.94. The molecule has 0 atom stereocenters. The summed E-state index contributed by atoms with van der Waals surface area (Å²) in [5.41, 5.74) is 2.85. The Labute approximate surface area is 119 Å². The number of amides is 1. The minimum atomic E-state index is -0.604. The lowest BCUT2D eigenvalue weighted by molar-refractivity contribution is -0.384. The highest BCUT2D eigenvalue weighted by molar-refractivity contribution is 6.01. The Morgan fingerprint density at radius 2 is 2.29 bits per heavy atom. The number of para-hydroxylation sites is 1. The number of hydrogen-bond acceptors (Lipinski definition) is 6. The molecule has 4 N–H and O–H groups in total. The zero-order valence-electron chi connectivity index (χ0n) is 11.2. The third-order valence-electron chi connectivity index (χ3n) is 2.84. The highest BCUT2D eigenvalue weighted by Crippen LogP contribution is 2.27. The van der Waals surface area contributed by atoms with E-state index >= 15 is 0 Å². The first-order valence-electron chi connectivity index (χ1n) is 6.02. The molecule has 0 saturated heterocycles. The third kappa shape index (κ3) is 3.15. The average molecular weight is 290 g/mol. The van der Waals surface area contributed by atoms with Crippen LogP contribution in [0.25, 0.3) is 0 Å². The van der Waals surface area contributed by atoms with E-state index in [2.05, 4.69) is 15.8 Å². The number of nitrogens with zero attached hydrogens (tertiary/aromatic N) is 3. The van der Waals surface area contributed by atoms with Gasteiger partial charge in [-0.3, -0.25) is 25.4 Å². The van der Waals surface area contributed by atoms with Gasteiger partial charge in [-0.1, -0.05) is 6.07 Å². The van der Waals surface area contributed by atoms with E-state index in [1.54, 1.807) is 24.1 Å². The fraction of sp³-hybridized carbons (Fsp3) is 0.167. The van der Waals surface area contributed by atoms with Crippen LogP contribution in [-0.2, 0) is 13.6 Å². The van der Waals surface area contributed by atoms with E-state index in [1.165, 1.54) is 18.2 Å². The molecule has 1 amide bonds. The van der Waals surface area contributed by atoms with Gasteiger partial charge < -0.3 is 10.7 Å². The molecule has 1 aromatic carbocycles. The molecule has 110 valence electrons. The molecular weight excluding hydrogens is 276 g/mol. The van der Waals surface area contributed by atoms with Gasteiger partial charge in [0.1, 0.15) is 5.69 Å². The van der Waals surface area contributed by atoms with Gasteiger partial charge in [-0.25, -0.2) is 0 Å². The lowest BCUT2D eigenvalue weighted by atomic mass is 10.1. The van der Waals surface area contributed by atoms with Gasteiger partial charge in [0.05, 0.1) is 16.7 Å². The normalized spacial score (nSPS) is 10.2. The van der Waals surface area contributed by atoms with Crippen molar-refractivity contribution >= 4 is 17.3 Å². The van der Waals surface area contributed by atoms with E-state index in [-0.39, 0.29) is 23.5 Å². The molecule has 1 heterocycles. The average Bonchev–Trinajstić information content (AvgIpc) is 2.89. The molecule has 0 unspecified atom stereocenters. The van der Waals surface area contributed by atoms with E-state index in [0.29, 0.717) is 0 Å². The predicted molar refractivity (Wildman–Crippen MR) is 75.3 cm³/mol. The van der Waals surface area contributed by atoms with Crippen molar-refractivity contribution in [2.24, 2.45) is 12.9 Å². The summed E-state index contributed by atoms with van der Waals surface area (Å²) in [6.07, 6.45) is 3.38. The summed E-state index contributed by atoms with van der Waals surface area (Å²) in [7, 11) is 1.77. The first kappa shape index (κ1) is 14.5. The van der Waals surface area contributed by atoms with Crippen LogP contribution in [0.3, 0.4) is 0 Å². The molecule has 0 spiro atoms. The SMILES string of the molecule is Cn1cc(CNC(=O)c2cccc([N+](=O)[O-])c2NN)cn1. The molecule has 0 aliphatic heterocycles. The van der Waals surface area contributed by atoms with E-state index < -0.39 is 10.8 Å². The van der Waals surface area contributed by atoms with Crippen molar-refractivity contribution in [3.63, 3.8) is 0 Å². The highest BCUT2D eigenvalue weighted by Gasteiger charge is 2.20. The summed E-state index contributed by atoms with van der Waals surface area (Å²) in [6, 6.07) is 4.16. The molecule has 21 heavy (non-hydrogen) atoms. The summed E-state index contributed by atoms with van der Waals surface area (Å²) in [5, 5.41) is 17.5. The molecule has 0 aliphatic rings. The van der Waals surface area contributed by atoms with E-state index in [4.69, 9.17) is 5.84 Å². The van der Waals surface area contributed by atoms with Crippen molar-refractivity contribution in [1.29, 1.82) is 0 Å². The maximum absolute atomic E-state index is 12.1. The predicted octanol–water partition coefficient (Wildman–Crippen LogP) is 0.544. The van der Waals surface area contributed by atoms with Gasteiger partial charge in [0.2, 0.25) is 0 Å². The van der Waals surface area contributed by atoms with Gasteiger partial charge in [0, 0.05) is 31.4 Å². The van der Waals surface area contributed by atoms with Crippen LogP contribution in [-0.4, -0.2) is 20.6 Å². The van der Waals surface area contributed by atoms with Crippen molar-refractivity contribution in [3.05, 3.63) is 51.8 Å². The van der Waals surface area contributed by atoms with Crippen LogP contribution in [0.2, 0.25) is 0 Å². The molecule has 9 nitrogen and oxygen atoms in total. The lowest BCUT2D eigenvalue weighted by Crippen LogP contribution is -2.25. The molecule has 1 aromatic heterocycles. The second kappa shape index (κ2) is 6.01. The maximum Gasteiger partial charge on any atom is 0.294 e. The Morgan fingerprint density at radius 1 is 1.52 bits per heavy atom. The minimum Gasteiger partial charge on any atom is -0.348 e. The van der Waals surface area contributed by atoms with Crippen LogP contribution >= 0.6 is 0 Å². The number of anilines is 1. The summed E-state index contributed by atoms with van der Waals surface area (Å²) >= 11 is 0. The first-order chi connectivity index (χ1) is 10.0. The Balaban J connectivity index is 2.19. The second-order valence-electron chi connectivity index (χ2n) is 4.31. The van der Waals surface area contributed by atoms with Gasteiger partial charge in [0.15, 0.2) is 0 Å². The van der Waals surface area contributed by atoms with Crippen molar-refractivity contribution in [2.75, 3.05) is 5.43 Å². The number of nitro groups is 1. The fourth-order valence-corrected chi connectivity index (χ4v) is 1.87. The monoisotopic (exact) mass is 290 g/mol. The number of hydrogen-bond donors (Lipinski definition) is 3. The third-order valence-corrected chi connectivity index (χ3v) is 2.84. The second-order valence-corrected chi connectivity index (χ2v) is 4.31. The van der Waals surface area contributed by atoms with Crippen LogP contribution in [0.1, 0.15) is 15.9 Å². The number of hydrazine groups is 1. The number of nitrogens with one attached hydrogen (secondary N) is 2. The first-order valence-corrected chi connectivity index (χ1v) is 6.02. The van der Waals surface area contributed by atoms with Gasteiger partial charge in [-0.15, -0.1) is 0 Å². The molecule has 0 saturated carbocycles. The standard InChI is InChI=1S/C12H14N6O3/c1-17-7-8(6-15-17)5-14-12(19)9-3-2-4-10(18(20)21)11(9)16-13/h2-4,6-7,16H,5,13H2,1H3,(H,14,19). The van der Waals surface area contributed by atoms with Crippen LogP contribution in [0.5, 0.6) is 0 Å². The number of rotatable bonds is 5. The van der Waals surface area contributed by atoms with Crippen LogP contribution in [0.4, 0.5) is 11.4 Å². The Morgan fingerprint density at radius 3 is 2.86 bits per heavy atom. The molecule has 0 radical (unpaired) electrons. The zero-order valence-corrected chi connectivity index (χ0v) is 11.2. The van der Waals surface area contributed by atoms with Crippen LogP contribution < -0.4 is 16.6 Å². The topological polar surface area (TPSA) is 128 Å². The van der Waals surface area contributed by atoms with Gasteiger partial charge in [0.25, 0.3) is 11.6 Å². The number of nitro benzene ring substituents is 1. The molecule has 2 rings (SSSR count). The highest BCUT2D eigenvalue weighted by atomic mass is 16.6. The summed E-state index contributed by atoms with van der Waals surface area (Å²) in [4.78, 5) is 22.4. The van der Waals surface area contributed by atoms with Crippen molar-refractivity contribution in [1.82, 2.24) is 15.1 Å². The number of aromatic nitrogens is 2. The van der Waals surface area contributed by atoms with Crippen LogP contribution in [0.15, 0.2) is 30.6 Å². The summed E-state index contributed by atoms with van der Waals surface area (Å²) in [5.74, 6) is 4.83. The lowest BCUT2D eigenvalue weighted by Gasteiger charge is -2.09.